The zero-order chi connectivity index (χ0) is 23.4. The van der Waals surface area contributed by atoms with E-state index in [1.54, 1.807) is 12.1 Å². The lowest BCUT2D eigenvalue weighted by Gasteiger charge is -2.23. The van der Waals surface area contributed by atoms with Gasteiger partial charge in [0.25, 0.3) is 0 Å². The van der Waals surface area contributed by atoms with E-state index in [1.807, 2.05) is 30.8 Å². The highest BCUT2D eigenvalue weighted by molar-refractivity contribution is 6.32. The summed E-state index contributed by atoms with van der Waals surface area (Å²) < 4.78 is 13.6. The van der Waals surface area contributed by atoms with E-state index in [0.29, 0.717) is 31.1 Å². The summed E-state index contributed by atoms with van der Waals surface area (Å²) in [7, 11) is 0. The molecular formula is C25H37ClN2O3. The number of rotatable bonds is 6. The molecule has 6 heteroatoms. The molecule has 0 spiro atoms. The summed E-state index contributed by atoms with van der Waals surface area (Å²) in [6, 6.07) is 5.66. The summed E-state index contributed by atoms with van der Waals surface area (Å²) in [5, 5.41) is 14.8. The Bertz CT molecular complexity index is 856. The lowest BCUT2D eigenvalue weighted by atomic mass is 10.0. The quantitative estimate of drug-likeness (QED) is 0.509. The van der Waals surface area contributed by atoms with E-state index in [9.17, 15) is 5.11 Å². The topological polar surface area (TPSA) is 56.5 Å². The Kier molecular flexibility index (Phi) is 12.1. The number of aromatic hydroxyl groups is 1. The van der Waals surface area contributed by atoms with Crippen LogP contribution < -0.4 is 4.74 Å². The molecule has 0 bridgehead atoms. The largest absolute Gasteiger partial charge is 0.506 e. The van der Waals surface area contributed by atoms with Crippen molar-refractivity contribution in [1.29, 1.82) is 0 Å². The first-order valence-corrected chi connectivity index (χ1v) is 11.4. The van der Waals surface area contributed by atoms with Gasteiger partial charge in [-0.3, -0.25) is 4.68 Å². The van der Waals surface area contributed by atoms with Gasteiger partial charge in [0.1, 0.15) is 18.1 Å². The van der Waals surface area contributed by atoms with Crippen molar-refractivity contribution < 1.29 is 14.6 Å². The highest BCUT2D eigenvalue weighted by Crippen LogP contribution is 2.36. The van der Waals surface area contributed by atoms with Crippen molar-refractivity contribution in [2.45, 2.75) is 60.4 Å². The van der Waals surface area contributed by atoms with E-state index in [4.69, 9.17) is 21.1 Å². The van der Waals surface area contributed by atoms with Crippen LogP contribution in [0, 0.1) is 0 Å². The SMILES string of the molecule is C=Cc1c(OCC2=C(c3ccnn3C(C)C)CCOC2)ccc(Cl)c1O.CC.CCC. The number of nitrogens with zero attached hydrogens (tertiary/aromatic N) is 2. The Morgan fingerprint density at radius 1 is 1.29 bits per heavy atom. The molecule has 5 nitrogen and oxygen atoms in total. The standard InChI is InChI=1S/C20H23ClN2O3.C3H8.C2H6/c1-4-15-19(6-5-17(21)20(15)24)26-12-14-11-25-10-8-16(14)18-7-9-22-23(18)13(2)3;1-3-2;1-2/h4-7,9,13,24H,1,8,10-12H2,2-3H3;3H2,1-2H3;1-2H3. The van der Waals surface area contributed by atoms with Gasteiger partial charge in [-0.25, -0.2) is 0 Å². The maximum absolute atomic E-state index is 10.1. The summed E-state index contributed by atoms with van der Waals surface area (Å²) in [5.74, 6) is 0.517. The Labute approximate surface area is 192 Å². The molecule has 0 aliphatic carbocycles. The summed E-state index contributed by atoms with van der Waals surface area (Å²) in [4.78, 5) is 0. The number of phenolic OH excluding ortho intramolecular Hbond substituents is 1. The zero-order valence-corrected chi connectivity index (χ0v) is 20.5. The second-order valence-electron chi connectivity index (χ2n) is 7.15. The van der Waals surface area contributed by atoms with Gasteiger partial charge in [-0.1, -0.05) is 58.4 Å². The minimum atomic E-state index is -0.0221. The number of hydrogen-bond donors (Lipinski definition) is 1. The van der Waals surface area contributed by atoms with Crippen molar-refractivity contribution in [3.05, 3.63) is 52.8 Å². The molecule has 2 heterocycles. The molecule has 1 N–H and O–H groups in total. The molecule has 3 rings (SSSR count). The van der Waals surface area contributed by atoms with Gasteiger partial charge in [0, 0.05) is 12.2 Å². The molecule has 1 aromatic carbocycles. The first kappa shape index (κ1) is 26.8. The van der Waals surface area contributed by atoms with Crippen molar-refractivity contribution in [2.24, 2.45) is 0 Å². The molecule has 0 atom stereocenters. The van der Waals surface area contributed by atoms with Crippen LogP contribution in [0.2, 0.25) is 5.02 Å². The predicted molar refractivity (Wildman–Crippen MR) is 131 cm³/mol. The van der Waals surface area contributed by atoms with E-state index in [1.165, 1.54) is 18.1 Å². The lowest BCUT2D eigenvalue weighted by molar-refractivity contribution is 0.144. The first-order chi connectivity index (χ1) is 14.9. The summed E-state index contributed by atoms with van der Waals surface area (Å²) in [6.07, 6.45) is 5.43. The molecule has 31 heavy (non-hydrogen) atoms. The fourth-order valence-electron chi connectivity index (χ4n) is 3.09. The van der Waals surface area contributed by atoms with Crippen LogP contribution in [-0.2, 0) is 4.74 Å². The smallest absolute Gasteiger partial charge is 0.145 e. The van der Waals surface area contributed by atoms with Crippen molar-refractivity contribution in [3.63, 3.8) is 0 Å². The lowest BCUT2D eigenvalue weighted by Crippen LogP contribution is -2.18. The van der Waals surface area contributed by atoms with Gasteiger partial charge in [-0.05, 0) is 49.6 Å². The zero-order valence-electron chi connectivity index (χ0n) is 19.7. The summed E-state index contributed by atoms with van der Waals surface area (Å²) >= 11 is 5.96. The second-order valence-corrected chi connectivity index (χ2v) is 7.55. The van der Waals surface area contributed by atoms with Crippen LogP contribution in [0.5, 0.6) is 11.5 Å². The predicted octanol–water partition coefficient (Wildman–Crippen LogP) is 7.16. The van der Waals surface area contributed by atoms with E-state index in [2.05, 4.69) is 39.4 Å². The Morgan fingerprint density at radius 2 is 1.97 bits per heavy atom. The molecule has 0 amide bonds. The molecule has 0 unspecified atom stereocenters. The summed E-state index contributed by atoms with van der Waals surface area (Å²) in [6.45, 7) is 17.8. The third-order valence-electron chi connectivity index (χ3n) is 4.40. The Balaban J connectivity index is 0.000000884. The van der Waals surface area contributed by atoms with Crippen molar-refractivity contribution >= 4 is 23.3 Å². The van der Waals surface area contributed by atoms with Crippen LogP contribution in [-0.4, -0.2) is 34.7 Å². The molecule has 0 fully saturated rings. The summed E-state index contributed by atoms with van der Waals surface area (Å²) in [5.41, 5.74) is 3.87. The second kappa shape index (κ2) is 13.9. The highest BCUT2D eigenvalue weighted by Gasteiger charge is 2.20. The normalized spacial score (nSPS) is 13.2. The van der Waals surface area contributed by atoms with E-state index in [0.717, 1.165) is 17.7 Å². The van der Waals surface area contributed by atoms with E-state index < -0.39 is 0 Å². The van der Waals surface area contributed by atoms with Gasteiger partial charge in [0.05, 0.1) is 29.5 Å². The molecule has 0 saturated carbocycles. The number of benzene rings is 1. The van der Waals surface area contributed by atoms with Gasteiger partial charge in [0.2, 0.25) is 0 Å². The minimum Gasteiger partial charge on any atom is -0.506 e. The molecule has 2 aromatic rings. The molecule has 1 aliphatic rings. The van der Waals surface area contributed by atoms with E-state index >= 15 is 0 Å². The van der Waals surface area contributed by atoms with Crippen LogP contribution >= 0.6 is 11.6 Å². The van der Waals surface area contributed by atoms with Crippen molar-refractivity contribution in [2.75, 3.05) is 19.8 Å². The van der Waals surface area contributed by atoms with Crippen molar-refractivity contribution in [1.82, 2.24) is 9.78 Å². The van der Waals surface area contributed by atoms with Gasteiger partial charge in [-0.15, -0.1) is 0 Å². The minimum absolute atomic E-state index is 0.0221. The number of phenols is 1. The average Bonchev–Trinajstić information content (AvgIpc) is 3.27. The average molecular weight is 449 g/mol. The number of ether oxygens (including phenoxy) is 2. The molecule has 1 aliphatic heterocycles. The molecule has 1 aromatic heterocycles. The number of hydrogen-bond acceptors (Lipinski definition) is 4. The Hall–Kier alpha value is -2.24. The van der Waals surface area contributed by atoms with Crippen LogP contribution in [0.15, 0.2) is 36.5 Å². The third-order valence-corrected chi connectivity index (χ3v) is 4.71. The first-order valence-electron chi connectivity index (χ1n) is 11.0. The Morgan fingerprint density at radius 3 is 2.58 bits per heavy atom. The van der Waals surface area contributed by atoms with Crippen LogP contribution in [0.4, 0.5) is 0 Å². The maximum atomic E-state index is 10.1. The monoisotopic (exact) mass is 448 g/mol. The van der Waals surface area contributed by atoms with Crippen LogP contribution in [0.25, 0.3) is 11.6 Å². The fraction of sp³-hybridized carbons (Fsp3) is 0.480. The maximum Gasteiger partial charge on any atom is 0.145 e. The van der Waals surface area contributed by atoms with Gasteiger partial charge >= 0.3 is 0 Å². The van der Waals surface area contributed by atoms with Crippen molar-refractivity contribution in [3.8, 4) is 11.5 Å². The molecule has 0 radical (unpaired) electrons. The highest BCUT2D eigenvalue weighted by atomic mass is 35.5. The van der Waals surface area contributed by atoms with E-state index in [-0.39, 0.29) is 16.8 Å². The fourth-order valence-corrected chi connectivity index (χ4v) is 3.25. The van der Waals surface area contributed by atoms with Gasteiger partial charge in [0.15, 0.2) is 0 Å². The van der Waals surface area contributed by atoms with Crippen LogP contribution in [0.3, 0.4) is 0 Å². The third kappa shape index (κ3) is 7.15. The molecular weight excluding hydrogens is 412 g/mol. The van der Waals surface area contributed by atoms with Gasteiger partial charge < -0.3 is 14.6 Å². The molecule has 172 valence electrons. The number of halogens is 1. The molecule has 0 saturated heterocycles. The van der Waals surface area contributed by atoms with Gasteiger partial charge in [-0.2, -0.15) is 5.10 Å². The van der Waals surface area contributed by atoms with Crippen LogP contribution in [0.1, 0.15) is 71.7 Å². The number of aromatic nitrogens is 2.